The third-order valence-corrected chi connectivity index (χ3v) is 6.86. The van der Waals surface area contributed by atoms with Gasteiger partial charge in [-0.1, -0.05) is 30.7 Å². The van der Waals surface area contributed by atoms with E-state index < -0.39 is 16.1 Å². The fourth-order valence-electron chi connectivity index (χ4n) is 3.63. The van der Waals surface area contributed by atoms with Crippen LogP contribution in [0, 0.1) is 0 Å². The van der Waals surface area contributed by atoms with E-state index in [1.54, 1.807) is 48.4 Å². The molecule has 186 valence electrons. The average Bonchev–Trinajstić information content (AvgIpc) is 2.81. The number of carbonyl (C=O) groups is 2. The third-order valence-electron chi connectivity index (χ3n) is 5.41. The lowest BCUT2D eigenvalue weighted by molar-refractivity contribution is -0.141. The number of carbonyl (C=O) groups excluding carboxylic acids is 2. The number of methoxy groups -OCH3 is 1. The molecular formula is C24H32ClN3O5S. The zero-order valence-electron chi connectivity index (χ0n) is 20.0. The first-order chi connectivity index (χ1) is 16.1. The summed E-state index contributed by atoms with van der Waals surface area (Å²) in [6, 6.07) is 13.1. The first-order valence-corrected chi connectivity index (χ1v) is 13.2. The molecule has 8 nitrogen and oxygen atoms in total. The maximum absolute atomic E-state index is 13.2. The molecular weight excluding hydrogens is 478 g/mol. The summed E-state index contributed by atoms with van der Waals surface area (Å²) in [6.07, 6.45) is 1.95. The molecule has 0 saturated carbocycles. The summed E-state index contributed by atoms with van der Waals surface area (Å²) in [5.41, 5.74) is 1.33. The van der Waals surface area contributed by atoms with Gasteiger partial charge < -0.3 is 15.0 Å². The van der Waals surface area contributed by atoms with Gasteiger partial charge in [0.2, 0.25) is 21.8 Å². The molecule has 0 spiro atoms. The predicted octanol–water partition coefficient (Wildman–Crippen LogP) is 3.45. The lowest BCUT2D eigenvalue weighted by Gasteiger charge is -2.31. The monoisotopic (exact) mass is 509 g/mol. The fourth-order valence-corrected chi connectivity index (χ4v) is 4.72. The zero-order valence-corrected chi connectivity index (χ0v) is 21.5. The Labute approximate surface area is 206 Å². The molecule has 0 aromatic heterocycles. The summed E-state index contributed by atoms with van der Waals surface area (Å²) < 4.78 is 31.1. The number of nitrogens with one attached hydrogen (secondary N) is 1. The minimum Gasteiger partial charge on any atom is -0.497 e. The van der Waals surface area contributed by atoms with Crippen molar-refractivity contribution in [3.8, 4) is 5.75 Å². The van der Waals surface area contributed by atoms with E-state index in [-0.39, 0.29) is 37.7 Å². The Morgan fingerprint density at radius 1 is 1.09 bits per heavy atom. The number of ether oxygens (including phenoxy) is 1. The van der Waals surface area contributed by atoms with Crippen LogP contribution < -0.4 is 14.4 Å². The number of anilines is 1. The summed E-state index contributed by atoms with van der Waals surface area (Å²) in [6.45, 7) is 2.22. The molecule has 0 bridgehead atoms. The smallest absolute Gasteiger partial charge is 0.242 e. The van der Waals surface area contributed by atoms with Gasteiger partial charge in [0.15, 0.2) is 0 Å². The van der Waals surface area contributed by atoms with Crippen molar-refractivity contribution in [3.63, 3.8) is 0 Å². The van der Waals surface area contributed by atoms with Crippen LogP contribution in [0.25, 0.3) is 0 Å². The van der Waals surface area contributed by atoms with Crippen LogP contribution in [-0.2, 0) is 26.2 Å². The highest BCUT2D eigenvalue weighted by atomic mass is 35.5. The Balaban J connectivity index is 2.17. The number of sulfonamides is 1. The van der Waals surface area contributed by atoms with Gasteiger partial charge in [-0.3, -0.25) is 13.9 Å². The molecule has 0 unspecified atom stereocenters. The minimum absolute atomic E-state index is 0.0866. The highest BCUT2D eigenvalue weighted by Crippen LogP contribution is 2.22. The second kappa shape index (κ2) is 12.6. The molecule has 34 heavy (non-hydrogen) atoms. The number of hydrogen-bond acceptors (Lipinski definition) is 5. The largest absolute Gasteiger partial charge is 0.497 e. The summed E-state index contributed by atoms with van der Waals surface area (Å²) >= 11 is 5.92. The van der Waals surface area contributed by atoms with Crippen LogP contribution in [0.2, 0.25) is 5.02 Å². The van der Waals surface area contributed by atoms with Gasteiger partial charge in [0.05, 0.1) is 19.1 Å². The normalized spacial score (nSPS) is 12.0. The van der Waals surface area contributed by atoms with E-state index in [4.69, 9.17) is 16.3 Å². The first kappa shape index (κ1) is 27.5. The van der Waals surface area contributed by atoms with Crippen LogP contribution in [0.15, 0.2) is 48.5 Å². The third kappa shape index (κ3) is 7.63. The van der Waals surface area contributed by atoms with Crippen LogP contribution in [-0.4, -0.2) is 58.1 Å². The van der Waals surface area contributed by atoms with Crippen molar-refractivity contribution >= 4 is 39.1 Å². The quantitative estimate of drug-likeness (QED) is 0.472. The Kier molecular flexibility index (Phi) is 10.2. The molecule has 1 atom stereocenters. The summed E-state index contributed by atoms with van der Waals surface area (Å²) in [7, 11) is -0.438. The van der Waals surface area contributed by atoms with Crippen molar-refractivity contribution in [2.24, 2.45) is 0 Å². The highest BCUT2D eigenvalue weighted by molar-refractivity contribution is 7.92. The van der Waals surface area contributed by atoms with Gasteiger partial charge in [0, 0.05) is 31.6 Å². The maximum Gasteiger partial charge on any atom is 0.242 e. The molecule has 0 aliphatic rings. The van der Waals surface area contributed by atoms with E-state index >= 15 is 0 Å². The van der Waals surface area contributed by atoms with Crippen molar-refractivity contribution in [2.45, 2.75) is 38.8 Å². The number of halogens is 1. The van der Waals surface area contributed by atoms with Crippen LogP contribution in [0.5, 0.6) is 5.75 Å². The van der Waals surface area contributed by atoms with Crippen LogP contribution in [0.1, 0.15) is 31.7 Å². The second-order valence-electron chi connectivity index (χ2n) is 7.82. The van der Waals surface area contributed by atoms with Gasteiger partial charge in [-0.05, 0) is 54.8 Å². The van der Waals surface area contributed by atoms with Crippen LogP contribution in [0.4, 0.5) is 5.69 Å². The Morgan fingerprint density at radius 2 is 1.71 bits per heavy atom. The molecule has 0 saturated heterocycles. The van der Waals surface area contributed by atoms with E-state index in [2.05, 4.69) is 5.32 Å². The van der Waals surface area contributed by atoms with E-state index in [0.717, 1.165) is 11.8 Å². The average molecular weight is 510 g/mol. The van der Waals surface area contributed by atoms with E-state index in [1.165, 1.54) is 11.4 Å². The topological polar surface area (TPSA) is 96.0 Å². The van der Waals surface area contributed by atoms with Gasteiger partial charge in [-0.15, -0.1) is 0 Å². The maximum atomic E-state index is 13.2. The Hall–Kier alpha value is -2.78. The molecule has 10 heteroatoms. The number of nitrogens with zero attached hydrogens (tertiary/aromatic N) is 2. The molecule has 0 aliphatic carbocycles. The van der Waals surface area contributed by atoms with Gasteiger partial charge in [-0.25, -0.2) is 8.42 Å². The molecule has 1 N–H and O–H groups in total. The first-order valence-electron chi connectivity index (χ1n) is 11.0. The highest BCUT2D eigenvalue weighted by Gasteiger charge is 2.28. The summed E-state index contributed by atoms with van der Waals surface area (Å²) in [5.74, 6) is 0.224. The Bertz CT molecular complexity index is 1060. The van der Waals surface area contributed by atoms with Crippen molar-refractivity contribution < 1.29 is 22.7 Å². The molecule has 0 heterocycles. The number of likely N-dealkylation sites (N-methyl/N-ethyl adjacent to an activating group) is 1. The lowest BCUT2D eigenvalue weighted by Crippen LogP contribution is -2.48. The molecule has 2 aromatic rings. The lowest BCUT2D eigenvalue weighted by atomic mass is 10.1. The van der Waals surface area contributed by atoms with E-state index in [1.807, 2.05) is 19.1 Å². The molecule has 0 radical (unpaired) electrons. The van der Waals surface area contributed by atoms with Gasteiger partial charge >= 0.3 is 0 Å². The number of amides is 2. The van der Waals surface area contributed by atoms with Crippen molar-refractivity contribution in [3.05, 3.63) is 59.1 Å². The molecule has 2 rings (SSSR count). The van der Waals surface area contributed by atoms with Crippen LogP contribution >= 0.6 is 11.6 Å². The summed E-state index contributed by atoms with van der Waals surface area (Å²) in [5, 5.41) is 3.13. The van der Waals surface area contributed by atoms with Crippen molar-refractivity contribution in [1.82, 2.24) is 10.2 Å². The van der Waals surface area contributed by atoms with Crippen molar-refractivity contribution in [1.29, 1.82) is 0 Å². The number of rotatable bonds is 12. The predicted molar refractivity (Wildman–Crippen MR) is 135 cm³/mol. The van der Waals surface area contributed by atoms with Gasteiger partial charge in [0.1, 0.15) is 11.8 Å². The van der Waals surface area contributed by atoms with Gasteiger partial charge in [0.25, 0.3) is 0 Å². The van der Waals surface area contributed by atoms with E-state index in [0.29, 0.717) is 22.9 Å². The molecule has 0 aliphatic heterocycles. The van der Waals surface area contributed by atoms with E-state index in [9.17, 15) is 18.0 Å². The van der Waals surface area contributed by atoms with Gasteiger partial charge in [-0.2, -0.15) is 0 Å². The standard InChI is InChI=1S/C24H32ClN3O5S/c1-5-22(24(30)26-2)27(17-18-8-14-21(33-3)15-9-18)23(29)7-6-16-28(34(4,31)32)20-12-10-19(25)11-13-20/h8-15,22H,5-7,16-17H2,1-4H3,(H,26,30)/t22-/m0/s1. The summed E-state index contributed by atoms with van der Waals surface area (Å²) in [4.78, 5) is 27.3. The number of benzene rings is 2. The Morgan fingerprint density at radius 3 is 2.21 bits per heavy atom. The second-order valence-corrected chi connectivity index (χ2v) is 10.2. The SMILES string of the molecule is CC[C@@H](C(=O)NC)N(Cc1ccc(OC)cc1)C(=O)CCCN(c1ccc(Cl)cc1)S(C)(=O)=O. The molecule has 2 aromatic carbocycles. The van der Waals surface area contributed by atoms with Crippen LogP contribution in [0.3, 0.4) is 0 Å². The number of hydrogen-bond donors (Lipinski definition) is 1. The molecule has 0 fully saturated rings. The minimum atomic E-state index is -3.55. The zero-order chi connectivity index (χ0) is 25.3. The van der Waals surface area contributed by atoms with Crippen molar-refractivity contribution in [2.75, 3.05) is 31.3 Å². The molecule has 2 amide bonds. The fraction of sp³-hybridized carbons (Fsp3) is 0.417.